The van der Waals surface area contributed by atoms with Gasteiger partial charge in [-0.2, -0.15) is 0 Å². The molecule has 4 aromatic rings. The molecular formula is C33H26F3N3O2. The van der Waals surface area contributed by atoms with Gasteiger partial charge >= 0.3 is 0 Å². The van der Waals surface area contributed by atoms with Gasteiger partial charge in [0, 0.05) is 24.7 Å². The van der Waals surface area contributed by atoms with Crippen molar-refractivity contribution in [2.75, 3.05) is 11.9 Å². The molecule has 0 aromatic heterocycles. The highest BCUT2D eigenvalue weighted by Crippen LogP contribution is 2.36. The number of halogens is 3. The number of fused-ring (bicyclic) bond motifs is 1. The summed E-state index contributed by atoms with van der Waals surface area (Å²) in [6, 6.07) is 24.0. The molecule has 1 N–H and O–H groups in total. The molecule has 1 aliphatic heterocycles. The molecule has 0 unspecified atom stereocenters. The van der Waals surface area contributed by atoms with Crippen LogP contribution >= 0.6 is 0 Å². The summed E-state index contributed by atoms with van der Waals surface area (Å²) in [4.78, 5) is 33.2. The van der Waals surface area contributed by atoms with Crippen LogP contribution in [0, 0.1) is 17.5 Å². The number of hydrogen-bond donors (Lipinski definition) is 1. The number of benzene rings is 4. The summed E-state index contributed by atoms with van der Waals surface area (Å²) in [6.45, 7) is 3.81. The number of allylic oxidation sites excluding steroid dienone is 1. The quantitative estimate of drug-likeness (QED) is 0.271. The van der Waals surface area contributed by atoms with E-state index in [0.717, 1.165) is 23.3 Å². The van der Waals surface area contributed by atoms with Gasteiger partial charge in [0.15, 0.2) is 11.6 Å². The molecule has 3 atom stereocenters. The molecule has 8 heteroatoms. The first-order valence-corrected chi connectivity index (χ1v) is 12.9. The van der Waals surface area contributed by atoms with E-state index < -0.39 is 47.3 Å². The third-order valence-corrected chi connectivity index (χ3v) is 7.16. The first-order chi connectivity index (χ1) is 19.8. The molecule has 0 fully saturated rings. The smallest absolute Gasteiger partial charge is 0.272 e. The molecule has 0 saturated heterocycles. The van der Waals surface area contributed by atoms with Gasteiger partial charge in [-0.25, -0.2) is 13.2 Å². The fourth-order valence-electron chi connectivity index (χ4n) is 4.97. The molecule has 5 nitrogen and oxygen atoms in total. The van der Waals surface area contributed by atoms with E-state index in [1.165, 1.54) is 47.5 Å². The highest BCUT2D eigenvalue weighted by molar-refractivity contribution is 6.06. The van der Waals surface area contributed by atoms with E-state index in [-0.39, 0.29) is 5.56 Å². The Bertz CT molecular complexity index is 1640. The van der Waals surface area contributed by atoms with Crippen LogP contribution in [0.2, 0.25) is 0 Å². The molecule has 0 spiro atoms. The maximum Gasteiger partial charge on any atom is 0.272 e. The number of aliphatic imine (C=N–C) groups is 1. The van der Waals surface area contributed by atoms with Crippen LogP contribution in [0.5, 0.6) is 0 Å². The summed E-state index contributed by atoms with van der Waals surface area (Å²) < 4.78 is 41.6. The number of carbonyl (C=O) groups excluding carboxylic acids is 2. The topological polar surface area (TPSA) is 61.8 Å². The van der Waals surface area contributed by atoms with Gasteiger partial charge in [0.05, 0.1) is 11.6 Å². The number of carbonyl (C=O) groups is 2. The van der Waals surface area contributed by atoms with Crippen LogP contribution < -0.4 is 10.2 Å². The van der Waals surface area contributed by atoms with Crippen molar-refractivity contribution in [1.82, 2.24) is 5.32 Å². The minimum atomic E-state index is -1.27. The SMILES string of the molecule is C=C[C@@H](c1ccc(F)c(F)c1)[C@H](C(=O)N[C@H]1N=Cc2ccc(-c3ccccc3)cc2N(C)C1=O)c1ccc(F)cc1. The minimum absolute atomic E-state index is 0.289. The molecular weight excluding hydrogens is 527 g/mol. The number of benzodiazepines with no additional fused rings is 1. The Hall–Kier alpha value is -4.98. The minimum Gasteiger partial charge on any atom is -0.326 e. The van der Waals surface area contributed by atoms with Crippen molar-refractivity contribution in [3.05, 3.63) is 138 Å². The average Bonchev–Trinajstić information content (AvgIpc) is 3.10. The standard InChI is InChI=1S/C33H26F3N3O2/c1-3-26(23-13-16-27(35)28(36)17-23)30(21-11-14-25(34)15-12-21)32(40)38-31-33(41)39(2)29-18-22(9-10-24(29)19-37-31)20-7-5-4-6-8-20/h3-19,26,30-31H,1H2,2H3,(H,38,40)/t26-,30+,31+/m0/s1. The van der Waals surface area contributed by atoms with Crippen LogP contribution in [0.15, 0.2) is 109 Å². The van der Waals surface area contributed by atoms with Gasteiger partial charge in [-0.05, 0) is 52.6 Å². The Morgan fingerprint density at radius 1 is 0.902 bits per heavy atom. The van der Waals surface area contributed by atoms with Gasteiger partial charge in [0.1, 0.15) is 5.82 Å². The Balaban J connectivity index is 1.46. The van der Waals surface area contributed by atoms with Crippen LogP contribution in [0.1, 0.15) is 28.5 Å². The van der Waals surface area contributed by atoms with Crippen molar-refractivity contribution in [2.45, 2.75) is 18.0 Å². The highest BCUT2D eigenvalue weighted by Gasteiger charge is 2.34. The Morgan fingerprint density at radius 2 is 1.61 bits per heavy atom. The largest absolute Gasteiger partial charge is 0.326 e. The van der Waals surface area contributed by atoms with Gasteiger partial charge in [-0.15, -0.1) is 6.58 Å². The van der Waals surface area contributed by atoms with E-state index in [1.807, 2.05) is 48.5 Å². The van der Waals surface area contributed by atoms with Crippen molar-refractivity contribution in [1.29, 1.82) is 0 Å². The molecule has 1 aliphatic rings. The maximum atomic E-state index is 14.1. The van der Waals surface area contributed by atoms with Crippen LogP contribution in [0.3, 0.4) is 0 Å². The second-order valence-electron chi connectivity index (χ2n) is 9.69. The van der Waals surface area contributed by atoms with Gasteiger partial charge < -0.3 is 10.2 Å². The average molecular weight is 554 g/mol. The number of amides is 2. The van der Waals surface area contributed by atoms with Crippen LogP contribution in [0.4, 0.5) is 18.9 Å². The molecule has 2 amide bonds. The zero-order valence-electron chi connectivity index (χ0n) is 22.1. The number of hydrogen-bond acceptors (Lipinski definition) is 3. The lowest BCUT2D eigenvalue weighted by Gasteiger charge is -2.27. The van der Waals surface area contributed by atoms with E-state index in [4.69, 9.17) is 0 Å². The normalized spacial score (nSPS) is 16.0. The molecule has 206 valence electrons. The number of anilines is 1. The lowest BCUT2D eigenvalue weighted by Crippen LogP contribution is -2.47. The van der Waals surface area contributed by atoms with Crippen molar-refractivity contribution < 1.29 is 22.8 Å². The van der Waals surface area contributed by atoms with Crippen LogP contribution in [0.25, 0.3) is 11.1 Å². The molecule has 0 radical (unpaired) electrons. The summed E-state index contributed by atoms with van der Waals surface area (Å²) in [5.41, 5.74) is 3.90. The Morgan fingerprint density at radius 3 is 2.29 bits per heavy atom. The van der Waals surface area contributed by atoms with E-state index in [9.17, 15) is 22.8 Å². The Kier molecular flexibility index (Phi) is 7.83. The molecule has 1 heterocycles. The summed E-state index contributed by atoms with van der Waals surface area (Å²) in [5.74, 6) is -5.59. The summed E-state index contributed by atoms with van der Waals surface area (Å²) in [5, 5.41) is 2.71. The molecule has 41 heavy (non-hydrogen) atoms. The van der Waals surface area contributed by atoms with Crippen molar-refractivity contribution >= 4 is 23.7 Å². The number of likely N-dealkylation sites (N-methyl/N-ethyl adjacent to an activating group) is 1. The third kappa shape index (κ3) is 5.68. The molecule has 0 aliphatic carbocycles. The van der Waals surface area contributed by atoms with E-state index in [1.54, 1.807) is 7.05 Å². The van der Waals surface area contributed by atoms with Crippen LogP contribution in [-0.4, -0.2) is 31.2 Å². The van der Waals surface area contributed by atoms with E-state index in [0.29, 0.717) is 16.8 Å². The first-order valence-electron chi connectivity index (χ1n) is 12.9. The lowest BCUT2D eigenvalue weighted by molar-refractivity contribution is -0.128. The van der Waals surface area contributed by atoms with Gasteiger partial charge in [-0.1, -0.05) is 66.7 Å². The van der Waals surface area contributed by atoms with Gasteiger partial charge in [0.2, 0.25) is 12.1 Å². The fraction of sp³-hybridized carbons (Fsp3) is 0.121. The molecule has 5 rings (SSSR count). The second-order valence-corrected chi connectivity index (χ2v) is 9.69. The van der Waals surface area contributed by atoms with Crippen molar-refractivity contribution in [2.24, 2.45) is 4.99 Å². The summed E-state index contributed by atoms with van der Waals surface area (Å²) in [6.07, 6.45) is 1.70. The fourth-order valence-corrected chi connectivity index (χ4v) is 4.97. The summed E-state index contributed by atoms with van der Waals surface area (Å²) in [7, 11) is 1.61. The highest BCUT2D eigenvalue weighted by atomic mass is 19.2. The maximum absolute atomic E-state index is 14.1. The van der Waals surface area contributed by atoms with E-state index >= 15 is 0 Å². The van der Waals surface area contributed by atoms with Crippen molar-refractivity contribution in [3.8, 4) is 11.1 Å². The molecule has 4 aromatic carbocycles. The van der Waals surface area contributed by atoms with Crippen molar-refractivity contribution in [3.63, 3.8) is 0 Å². The first kappa shape index (κ1) is 27.6. The summed E-state index contributed by atoms with van der Waals surface area (Å²) >= 11 is 0. The zero-order valence-corrected chi connectivity index (χ0v) is 22.1. The predicted octanol–water partition coefficient (Wildman–Crippen LogP) is 6.36. The number of nitrogens with one attached hydrogen (secondary N) is 1. The Labute approximate surface area is 235 Å². The zero-order chi connectivity index (χ0) is 29.1. The van der Waals surface area contributed by atoms with Gasteiger partial charge in [0.25, 0.3) is 5.91 Å². The number of nitrogens with zero attached hydrogens (tertiary/aromatic N) is 2. The second kappa shape index (κ2) is 11.6. The van der Waals surface area contributed by atoms with Gasteiger partial charge in [-0.3, -0.25) is 14.6 Å². The number of rotatable bonds is 7. The monoisotopic (exact) mass is 553 g/mol. The lowest BCUT2D eigenvalue weighted by atomic mass is 9.80. The van der Waals surface area contributed by atoms with Crippen LogP contribution in [-0.2, 0) is 9.59 Å². The molecule has 0 saturated carbocycles. The molecule has 0 bridgehead atoms. The van der Waals surface area contributed by atoms with E-state index in [2.05, 4.69) is 16.9 Å². The predicted molar refractivity (Wildman–Crippen MR) is 153 cm³/mol. The third-order valence-electron chi connectivity index (χ3n) is 7.16.